The van der Waals surface area contributed by atoms with Gasteiger partial charge in [0.15, 0.2) is 5.65 Å². The van der Waals surface area contributed by atoms with Gasteiger partial charge < -0.3 is 0 Å². The molecule has 3 aromatic rings. The van der Waals surface area contributed by atoms with Crippen LogP contribution in [0, 0.1) is 5.82 Å². The number of benzene rings is 1. The van der Waals surface area contributed by atoms with Crippen LogP contribution in [0.25, 0.3) is 16.7 Å². The van der Waals surface area contributed by atoms with E-state index in [9.17, 15) is 4.39 Å². The van der Waals surface area contributed by atoms with Crippen LogP contribution >= 0.6 is 23.2 Å². The van der Waals surface area contributed by atoms with Gasteiger partial charge in [-0.3, -0.25) is 0 Å². The zero-order valence-corrected chi connectivity index (χ0v) is 10.3. The highest BCUT2D eigenvalue weighted by atomic mass is 35.5. The lowest BCUT2D eigenvalue weighted by Crippen LogP contribution is -1.98. The maximum atomic E-state index is 13.4. The van der Waals surface area contributed by atoms with Crippen LogP contribution in [0.1, 0.15) is 0 Å². The third kappa shape index (κ3) is 1.72. The zero-order chi connectivity index (χ0) is 12.7. The summed E-state index contributed by atoms with van der Waals surface area (Å²) >= 11 is 11.5. The highest BCUT2D eigenvalue weighted by Crippen LogP contribution is 2.23. The van der Waals surface area contributed by atoms with Gasteiger partial charge in [-0.15, -0.1) is 0 Å². The molecule has 0 spiro atoms. The van der Waals surface area contributed by atoms with Crippen LogP contribution in [0.4, 0.5) is 4.39 Å². The van der Waals surface area contributed by atoms with Crippen molar-refractivity contribution >= 4 is 34.2 Å². The normalized spacial score (nSPS) is 11.1. The Labute approximate surface area is 111 Å². The topological polar surface area (TPSA) is 43.6 Å². The molecule has 0 saturated heterocycles. The van der Waals surface area contributed by atoms with E-state index in [4.69, 9.17) is 23.2 Å². The zero-order valence-electron chi connectivity index (χ0n) is 8.81. The summed E-state index contributed by atoms with van der Waals surface area (Å²) in [6.07, 6.45) is 2.86. The maximum Gasteiger partial charge on any atom is 0.167 e. The second-order valence-corrected chi connectivity index (χ2v) is 4.32. The number of fused-ring (bicyclic) bond motifs is 1. The SMILES string of the molecule is Fc1cc(-n2ncc3c(Cl)ncnc32)ccc1Cl. The first-order chi connectivity index (χ1) is 8.66. The summed E-state index contributed by atoms with van der Waals surface area (Å²) < 4.78 is 14.9. The van der Waals surface area contributed by atoms with Crippen LogP contribution in [0.15, 0.2) is 30.7 Å². The van der Waals surface area contributed by atoms with Gasteiger partial charge >= 0.3 is 0 Å². The van der Waals surface area contributed by atoms with Crippen molar-refractivity contribution in [3.05, 3.63) is 46.7 Å². The lowest BCUT2D eigenvalue weighted by Gasteiger charge is -2.03. The summed E-state index contributed by atoms with van der Waals surface area (Å²) in [6.45, 7) is 0. The minimum absolute atomic E-state index is 0.0582. The van der Waals surface area contributed by atoms with Crippen molar-refractivity contribution in [2.45, 2.75) is 0 Å². The summed E-state index contributed by atoms with van der Waals surface area (Å²) in [5.41, 5.74) is 1.03. The van der Waals surface area contributed by atoms with Crippen molar-refractivity contribution in [2.24, 2.45) is 0 Å². The van der Waals surface area contributed by atoms with Gasteiger partial charge in [0.2, 0.25) is 0 Å². The van der Waals surface area contributed by atoms with Gasteiger partial charge in [0.1, 0.15) is 17.3 Å². The molecule has 18 heavy (non-hydrogen) atoms. The first-order valence-electron chi connectivity index (χ1n) is 4.96. The van der Waals surface area contributed by atoms with Crippen molar-refractivity contribution in [3.63, 3.8) is 0 Å². The molecule has 0 aliphatic carbocycles. The van der Waals surface area contributed by atoms with Gasteiger partial charge in [0.05, 0.1) is 22.3 Å². The van der Waals surface area contributed by atoms with E-state index in [0.29, 0.717) is 21.9 Å². The van der Waals surface area contributed by atoms with E-state index < -0.39 is 5.82 Å². The molecule has 7 heteroatoms. The van der Waals surface area contributed by atoms with Crippen molar-refractivity contribution < 1.29 is 4.39 Å². The van der Waals surface area contributed by atoms with Gasteiger partial charge in [-0.1, -0.05) is 23.2 Å². The molecular formula is C11H5Cl2FN4. The summed E-state index contributed by atoms with van der Waals surface area (Å²) in [5, 5.41) is 5.09. The average molecular weight is 283 g/mol. The molecule has 0 aliphatic rings. The lowest BCUT2D eigenvalue weighted by molar-refractivity contribution is 0.626. The fourth-order valence-corrected chi connectivity index (χ4v) is 1.92. The second-order valence-electron chi connectivity index (χ2n) is 3.56. The molecule has 0 amide bonds. The first-order valence-corrected chi connectivity index (χ1v) is 5.72. The molecule has 0 aliphatic heterocycles. The van der Waals surface area contributed by atoms with E-state index in [-0.39, 0.29) is 5.02 Å². The van der Waals surface area contributed by atoms with Crippen LogP contribution in [-0.2, 0) is 0 Å². The fraction of sp³-hybridized carbons (Fsp3) is 0. The second kappa shape index (κ2) is 4.19. The number of rotatable bonds is 1. The Kier molecular flexibility index (Phi) is 2.65. The van der Waals surface area contributed by atoms with E-state index in [1.807, 2.05) is 0 Å². The van der Waals surface area contributed by atoms with Crippen molar-refractivity contribution in [2.75, 3.05) is 0 Å². The first kappa shape index (κ1) is 11.4. The molecule has 0 unspecified atom stereocenters. The van der Waals surface area contributed by atoms with E-state index >= 15 is 0 Å². The molecule has 3 rings (SSSR count). The molecule has 0 N–H and O–H groups in total. The predicted octanol–water partition coefficient (Wildman–Crippen LogP) is 3.26. The maximum absolute atomic E-state index is 13.4. The lowest BCUT2D eigenvalue weighted by atomic mass is 10.3. The summed E-state index contributed by atoms with van der Waals surface area (Å²) in [6, 6.07) is 4.39. The molecule has 4 nitrogen and oxygen atoms in total. The molecule has 90 valence electrons. The Morgan fingerprint density at radius 2 is 2.00 bits per heavy atom. The van der Waals surface area contributed by atoms with Crippen molar-refractivity contribution in [3.8, 4) is 5.69 Å². The Bertz CT molecular complexity index is 741. The van der Waals surface area contributed by atoms with Crippen LogP contribution in [0.3, 0.4) is 0 Å². The minimum Gasteiger partial charge on any atom is -0.224 e. The van der Waals surface area contributed by atoms with E-state index in [2.05, 4.69) is 15.1 Å². The molecule has 2 heterocycles. The van der Waals surface area contributed by atoms with E-state index in [1.165, 1.54) is 29.3 Å². The summed E-state index contributed by atoms with van der Waals surface area (Å²) in [5.74, 6) is -0.516. The van der Waals surface area contributed by atoms with Gasteiger partial charge in [-0.2, -0.15) is 5.10 Å². The van der Waals surface area contributed by atoms with Gasteiger partial charge in [-0.25, -0.2) is 19.0 Å². The Morgan fingerprint density at radius 3 is 2.78 bits per heavy atom. The number of nitrogens with zero attached hydrogens (tertiary/aromatic N) is 4. The predicted molar refractivity (Wildman–Crippen MR) is 66.6 cm³/mol. The summed E-state index contributed by atoms with van der Waals surface area (Å²) in [4.78, 5) is 7.93. The van der Waals surface area contributed by atoms with E-state index in [0.717, 1.165) is 0 Å². The third-order valence-electron chi connectivity index (χ3n) is 2.46. The van der Waals surface area contributed by atoms with Crippen LogP contribution < -0.4 is 0 Å². The number of hydrogen-bond donors (Lipinski definition) is 0. The standard InChI is InChI=1S/C11H5Cl2FN4/c12-8-2-1-6(3-9(8)14)18-11-7(4-17-18)10(13)15-5-16-11/h1-5H. The highest BCUT2D eigenvalue weighted by molar-refractivity contribution is 6.33. The molecular weight excluding hydrogens is 278 g/mol. The highest BCUT2D eigenvalue weighted by Gasteiger charge is 2.11. The fourth-order valence-electron chi connectivity index (χ4n) is 1.62. The largest absolute Gasteiger partial charge is 0.224 e. The molecule has 2 aromatic heterocycles. The van der Waals surface area contributed by atoms with Gasteiger partial charge in [0.25, 0.3) is 0 Å². The van der Waals surface area contributed by atoms with Crippen molar-refractivity contribution in [1.82, 2.24) is 19.7 Å². The Hall–Kier alpha value is -1.72. The van der Waals surface area contributed by atoms with Crippen LogP contribution in [0.5, 0.6) is 0 Å². The molecule has 1 aromatic carbocycles. The van der Waals surface area contributed by atoms with Crippen LogP contribution in [-0.4, -0.2) is 19.7 Å². The third-order valence-corrected chi connectivity index (χ3v) is 3.07. The van der Waals surface area contributed by atoms with Crippen LogP contribution in [0.2, 0.25) is 10.2 Å². The molecule has 0 fully saturated rings. The van der Waals surface area contributed by atoms with Gasteiger partial charge in [-0.05, 0) is 12.1 Å². The Balaban J connectivity index is 2.25. The number of hydrogen-bond acceptors (Lipinski definition) is 3. The smallest absolute Gasteiger partial charge is 0.167 e. The van der Waals surface area contributed by atoms with E-state index in [1.54, 1.807) is 6.07 Å². The number of halogens is 3. The molecule has 0 atom stereocenters. The van der Waals surface area contributed by atoms with Crippen molar-refractivity contribution in [1.29, 1.82) is 0 Å². The Morgan fingerprint density at radius 1 is 1.17 bits per heavy atom. The monoisotopic (exact) mass is 282 g/mol. The minimum atomic E-state index is -0.516. The molecule has 0 saturated carbocycles. The molecule has 0 radical (unpaired) electrons. The average Bonchev–Trinajstić information content (AvgIpc) is 2.78. The summed E-state index contributed by atoms with van der Waals surface area (Å²) in [7, 11) is 0. The number of aromatic nitrogens is 4. The van der Waals surface area contributed by atoms with Gasteiger partial charge in [0, 0.05) is 6.07 Å². The molecule has 0 bridgehead atoms. The quantitative estimate of drug-likeness (QED) is 0.644.